The van der Waals surface area contributed by atoms with Gasteiger partial charge in [0, 0.05) is 6.07 Å². The van der Waals surface area contributed by atoms with Gasteiger partial charge in [-0.05, 0) is 25.5 Å². The number of nitrogen functional groups attached to an aromatic ring is 1. The smallest absolute Gasteiger partial charge is 0.120 e. The van der Waals surface area contributed by atoms with E-state index in [0.29, 0.717) is 5.69 Å². The van der Waals surface area contributed by atoms with Gasteiger partial charge in [-0.3, -0.25) is 0 Å². The fourth-order valence-corrected chi connectivity index (χ4v) is 1.41. The summed E-state index contributed by atoms with van der Waals surface area (Å²) >= 11 is 0. The first-order chi connectivity index (χ1) is 7.09. The lowest BCUT2D eigenvalue weighted by molar-refractivity contribution is 0.470. The molecule has 0 aliphatic carbocycles. The van der Waals surface area contributed by atoms with Crippen LogP contribution in [0, 0.1) is 13.8 Å². The van der Waals surface area contributed by atoms with Crippen LogP contribution in [-0.2, 0) is 0 Å². The lowest BCUT2D eigenvalue weighted by Crippen LogP contribution is -1.99. The summed E-state index contributed by atoms with van der Waals surface area (Å²) in [4.78, 5) is 0. The third-order valence-corrected chi connectivity index (χ3v) is 2.49. The van der Waals surface area contributed by atoms with E-state index in [2.05, 4.69) is 5.10 Å². The van der Waals surface area contributed by atoms with Gasteiger partial charge in [0.15, 0.2) is 0 Å². The van der Waals surface area contributed by atoms with E-state index in [1.165, 1.54) is 0 Å². The zero-order valence-electron chi connectivity index (χ0n) is 8.73. The molecule has 4 nitrogen and oxygen atoms in total. The van der Waals surface area contributed by atoms with E-state index in [4.69, 9.17) is 5.73 Å². The predicted molar refractivity (Wildman–Crippen MR) is 59.1 cm³/mol. The minimum atomic E-state index is 0.265. The number of benzene rings is 1. The number of nitrogens with two attached hydrogens (primary N) is 1. The molecule has 2 rings (SSSR count). The first-order valence-electron chi connectivity index (χ1n) is 4.69. The maximum absolute atomic E-state index is 9.59. The Morgan fingerprint density at radius 2 is 2.07 bits per heavy atom. The van der Waals surface area contributed by atoms with Gasteiger partial charge in [-0.1, -0.05) is 6.07 Å². The number of anilines is 1. The van der Waals surface area contributed by atoms with E-state index in [9.17, 15) is 5.11 Å². The predicted octanol–water partition coefficient (Wildman–Crippen LogP) is 1.78. The molecule has 2 aromatic rings. The van der Waals surface area contributed by atoms with Crippen LogP contribution in [-0.4, -0.2) is 14.9 Å². The molecule has 0 amide bonds. The number of aromatic nitrogens is 2. The second-order valence-corrected chi connectivity index (χ2v) is 3.57. The molecule has 0 aliphatic rings. The largest absolute Gasteiger partial charge is 0.508 e. The van der Waals surface area contributed by atoms with Gasteiger partial charge in [0.25, 0.3) is 0 Å². The maximum atomic E-state index is 9.59. The Morgan fingerprint density at radius 3 is 2.60 bits per heavy atom. The Bertz CT molecular complexity index is 503. The SMILES string of the molecule is Cc1ccc(-n2ncc(N)c2C)cc1O. The van der Waals surface area contributed by atoms with Crippen LogP contribution in [0.15, 0.2) is 24.4 Å². The van der Waals surface area contributed by atoms with Crippen molar-refractivity contribution in [2.75, 3.05) is 5.73 Å². The van der Waals surface area contributed by atoms with E-state index < -0.39 is 0 Å². The van der Waals surface area contributed by atoms with Gasteiger partial charge in [0.2, 0.25) is 0 Å². The van der Waals surface area contributed by atoms with E-state index in [0.717, 1.165) is 16.9 Å². The van der Waals surface area contributed by atoms with Crippen LogP contribution >= 0.6 is 0 Å². The summed E-state index contributed by atoms with van der Waals surface area (Å²) < 4.78 is 1.70. The summed E-state index contributed by atoms with van der Waals surface area (Å²) in [6.07, 6.45) is 1.60. The molecule has 15 heavy (non-hydrogen) atoms. The summed E-state index contributed by atoms with van der Waals surface area (Å²) in [7, 11) is 0. The highest BCUT2D eigenvalue weighted by atomic mass is 16.3. The number of hydrogen-bond donors (Lipinski definition) is 2. The average Bonchev–Trinajstić information content (AvgIpc) is 2.53. The van der Waals surface area contributed by atoms with Crippen LogP contribution < -0.4 is 5.73 Å². The lowest BCUT2D eigenvalue weighted by atomic mass is 10.2. The number of phenols is 1. The molecular formula is C11H13N3O. The molecule has 1 aromatic carbocycles. The molecule has 0 radical (unpaired) electrons. The van der Waals surface area contributed by atoms with Gasteiger partial charge in [-0.15, -0.1) is 0 Å². The quantitative estimate of drug-likeness (QED) is 0.742. The molecule has 3 N–H and O–H groups in total. The van der Waals surface area contributed by atoms with E-state index >= 15 is 0 Å². The Kier molecular flexibility index (Phi) is 2.11. The lowest BCUT2D eigenvalue weighted by Gasteiger charge is -2.06. The zero-order chi connectivity index (χ0) is 11.0. The summed E-state index contributed by atoms with van der Waals surface area (Å²) in [6.45, 7) is 3.74. The average molecular weight is 203 g/mol. The summed E-state index contributed by atoms with van der Waals surface area (Å²) in [5, 5.41) is 13.7. The molecule has 4 heteroatoms. The van der Waals surface area contributed by atoms with Gasteiger partial charge in [-0.25, -0.2) is 4.68 Å². The molecule has 0 aliphatic heterocycles. The molecular weight excluding hydrogens is 190 g/mol. The highest BCUT2D eigenvalue weighted by Crippen LogP contribution is 2.22. The second-order valence-electron chi connectivity index (χ2n) is 3.57. The number of aryl methyl sites for hydroxylation is 1. The number of hydrogen-bond acceptors (Lipinski definition) is 3. The zero-order valence-corrected chi connectivity index (χ0v) is 8.73. The summed E-state index contributed by atoms with van der Waals surface area (Å²) in [5.74, 6) is 0.265. The molecule has 0 atom stereocenters. The highest BCUT2D eigenvalue weighted by molar-refractivity contribution is 5.48. The number of phenolic OH excluding ortho intramolecular Hbond substituents is 1. The second kappa shape index (κ2) is 3.31. The first kappa shape index (κ1) is 9.58. The van der Waals surface area contributed by atoms with Crippen LogP contribution in [0.1, 0.15) is 11.3 Å². The molecule has 1 heterocycles. The Hall–Kier alpha value is -1.97. The van der Waals surface area contributed by atoms with Gasteiger partial charge in [0.05, 0.1) is 23.3 Å². The number of nitrogens with zero attached hydrogens (tertiary/aromatic N) is 2. The van der Waals surface area contributed by atoms with Crippen molar-refractivity contribution in [1.29, 1.82) is 0 Å². The van der Waals surface area contributed by atoms with Gasteiger partial charge in [0.1, 0.15) is 5.75 Å². The highest BCUT2D eigenvalue weighted by Gasteiger charge is 2.06. The monoisotopic (exact) mass is 203 g/mol. The van der Waals surface area contributed by atoms with Crippen molar-refractivity contribution in [3.05, 3.63) is 35.7 Å². The van der Waals surface area contributed by atoms with Crippen LogP contribution in [0.3, 0.4) is 0 Å². The van der Waals surface area contributed by atoms with Crippen molar-refractivity contribution in [3.8, 4) is 11.4 Å². The van der Waals surface area contributed by atoms with Crippen LogP contribution in [0.5, 0.6) is 5.75 Å². The van der Waals surface area contributed by atoms with Crippen molar-refractivity contribution < 1.29 is 5.11 Å². The normalized spacial score (nSPS) is 10.5. The van der Waals surface area contributed by atoms with Crippen molar-refractivity contribution in [1.82, 2.24) is 9.78 Å². The van der Waals surface area contributed by atoms with Crippen molar-refractivity contribution in [2.45, 2.75) is 13.8 Å². The molecule has 78 valence electrons. The molecule has 0 unspecified atom stereocenters. The fraction of sp³-hybridized carbons (Fsp3) is 0.182. The fourth-order valence-electron chi connectivity index (χ4n) is 1.41. The van der Waals surface area contributed by atoms with Crippen molar-refractivity contribution in [2.24, 2.45) is 0 Å². The van der Waals surface area contributed by atoms with Gasteiger partial charge < -0.3 is 10.8 Å². The Morgan fingerprint density at radius 1 is 1.33 bits per heavy atom. The molecule has 0 saturated heterocycles. The minimum Gasteiger partial charge on any atom is -0.508 e. The van der Waals surface area contributed by atoms with E-state index in [1.807, 2.05) is 26.0 Å². The third-order valence-electron chi connectivity index (χ3n) is 2.49. The van der Waals surface area contributed by atoms with Crippen LogP contribution in [0.4, 0.5) is 5.69 Å². The Balaban J connectivity index is 2.55. The van der Waals surface area contributed by atoms with E-state index in [1.54, 1.807) is 16.9 Å². The molecule has 0 bridgehead atoms. The molecule has 0 saturated carbocycles. The van der Waals surface area contributed by atoms with Gasteiger partial charge in [-0.2, -0.15) is 5.10 Å². The minimum absolute atomic E-state index is 0.265. The van der Waals surface area contributed by atoms with Crippen LogP contribution in [0.2, 0.25) is 0 Å². The van der Waals surface area contributed by atoms with Crippen molar-refractivity contribution in [3.63, 3.8) is 0 Å². The molecule has 0 fully saturated rings. The standard InChI is InChI=1S/C11H13N3O/c1-7-3-4-9(5-11(7)15)14-8(2)10(12)6-13-14/h3-6,15H,12H2,1-2H3. The maximum Gasteiger partial charge on any atom is 0.120 e. The number of rotatable bonds is 1. The topological polar surface area (TPSA) is 64.1 Å². The summed E-state index contributed by atoms with van der Waals surface area (Å²) in [5.41, 5.74) is 8.88. The molecule has 0 spiro atoms. The van der Waals surface area contributed by atoms with Crippen molar-refractivity contribution >= 4 is 5.69 Å². The first-order valence-corrected chi connectivity index (χ1v) is 4.69. The third kappa shape index (κ3) is 1.54. The Labute approximate surface area is 88.0 Å². The van der Waals surface area contributed by atoms with Crippen LogP contribution in [0.25, 0.3) is 5.69 Å². The van der Waals surface area contributed by atoms with E-state index in [-0.39, 0.29) is 5.75 Å². The molecule has 1 aromatic heterocycles. The van der Waals surface area contributed by atoms with Gasteiger partial charge >= 0.3 is 0 Å². The summed E-state index contributed by atoms with van der Waals surface area (Å²) in [6, 6.07) is 5.42. The number of aromatic hydroxyl groups is 1.